The number of benzene rings is 1. The van der Waals surface area contributed by atoms with E-state index in [1.807, 2.05) is 28.3 Å². The number of nitrogens with zero attached hydrogens (tertiary/aromatic N) is 2. The highest BCUT2D eigenvalue weighted by molar-refractivity contribution is 7.12. The molecule has 2 aromatic heterocycles. The molecule has 3 nitrogen and oxygen atoms in total. The van der Waals surface area contributed by atoms with Crippen molar-refractivity contribution in [3.63, 3.8) is 0 Å². The van der Waals surface area contributed by atoms with Gasteiger partial charge < -0.3 is 9.30 Å². The van der Waals surface area contributed by atoms with E-state index >= 15 is 0 Å². The number of thiophene rings is 1. The quantitative estimate of drug-likeness (QED) is 0.715. The van der Waals surface area contributed by atoms with Crippen LogP contribution in [0.15, 0.2) is 54.4 Å². The number of ether oxygens (including phenoxy) is 1. The Bertz CT molecular complexity index is 643. The van der Waals surface area contributed by atoms with Crippen LogP contribution in [0.25, 0.3) is 16.8 Å². The summed E-state index contributed by atoms with van der Waals surface area (Å²) < 4.78 is 7.41. The molecule has 0 fully saturated rings. The van der Waals surface area contributed by atoms with Crippen LogP contribution in [0.1, 0.15) is 0 Å². The number of methoxy groups -OCH3 is 1. The van der Waals surface area contributed by atoms with Gasteiger partial charge in [-0.1, -0.05) is 18.2 Å². The smallest absolute Gasteiger partial charge is 0.181 e. The summed E-state index contributed by atoms with van der Waals surface area (Å²) in [6, 6.07) is 10.3. The van der Waals surface area contributed by atoms with E-state index in [4.69, 9.17) is 4.74 Å². The Hall–Kier alpha value is -2.07. The Kier molecular flexibility index (Phi) is 2.86. The van der Waals surface area contributed by atoms with Crippen LogP contribution < -0.4 is 4.74 Å². The van der Waals surface area contributed by atoms with Gasteiger partial charge >= 0.3 is 0 Å². The SMILES string of the molecule is COc1sccc1-c1ccccc1-n1ccnc1. The van der Waals surface area contributed by atoms with Gasteiger partial charge in [-0.15, -0.1) is 11.3 Å². The van der Waals surface area contributed by atoms with E-state index in [1.54, 1.807) is 31.0 Å². The molecule has 0 aliphatic heterocycles. The highest BCUT2D eigenvalue weighted by Gasteiger charge is 2.11. The van der Waals surface area contributed by atoms with Crippen LogP contribution in [0.2, 0.25) is 0 Å². The summed E-state index contributed by atoms with van der Waals surface area (Å²) in [7, 11) is 1.70. The van der Waals surface area contributed by atoms with Gasteiger partial charge in [-0.05, 0) is 17.5 Å². The first kappa shape index (κ1) is 11.0. The van der Waals surface area contributed by atoms with Crippen LogP contribution in [0, 0.1) is 0 Å². The van der Waals surface area contributed by atoms with Gasteiger partial charge in [0.2, 0.25) is 0 Å². The van der Waals surface area contributed by atoms with E-state index < -0.39 is 0 Å². The fourth-order valence-electron chi connectivity index (χ4n) is 1.98. The maximum absolute atomic E-state index is 5.41. The second kappa shape index (κ2) is 4.66. The van der Waals surface area contributed by atoms with Gasteiger partial charge in [0.15, 0.2) is 5.06 Å². The standard InChI is InChI=1S/C14H12N2OS/c1-17-14-12(6-9-18-14)11-4-2-3-5-13(11)16-8-7-15-10-16/h2-10H,1H3. The molecule has 0 radical (unpaired) electrons. The average Bonchev–Trinajstić information content (AvgIpc) is 3.09. The minimum absolute atomic E-state index is 0.933. The molecule has 0 aliphatic carbocycles. The van der Waals surface area contributed by atoms with Gasteiger partial charge in [-0.25, -0.2) is 4.98 Å². The number of rotatable bonds is 3. The molecule has 1 aromatic carbocycles. The van der Waals surface area contributed by atoms with Gasteiger partial charge in [0.1, 0.15) is 0 Å². The molecule has 0 saturated carbocycles. The zero-order valence-corrected chi connectivity index (χ0v) is 10.7. The third kappa shape index (κ3) is 1.80. The molecule has 0 unspecified atom stereocenters. The fraction of sp³-hybridized carbons (Fsp3) is 0.0714. The number of hydrogen-bond acceptors (Lipinski definition) is 3. The largest absolute Gasteiger partial charge is 0.487 e. The zero-order valence-electron chi connectivity index (χ0n) is 9.91. The van der Waals surface area contributed by atoms with Crippen LogP contribution >= 0.6 is 11.3 Å². The average molecular weight is 256 g/mol. The molecule has 0 saturated heterocycles. The predicted octanol–water partition coefficient (Wildman–Crippen LogP) is 3.61. The summed E-state index contributed by atoms with van der Waals surface area (Å²) in [5.41, 5.74) is 3.37. The minimum Gasteiger partial charge on any atom is -0.487 e. The summed E-state index contributed by atoms with van der Waals surface area (Å²) in [5, 5.41) is 2.97. The highest BCUT2D eigenvalue weighted by atomic mass is 32.1. The Morgan fingerprint density at radius 1 is 1.17 bits per heavy atom. The van der Waals surface area contributed by atoms with Gasteiger partial charge in [-0.3, -0.25) is 0 Å². The lowest BCUT2D eigenvalue weighted by molar-refractivity contribution is 0.428. The third-order valence-electron chi connectivity index (χ3n) is 2.79. The summed E-state index contributed by atoms with van der Waals surface area (Å²) in [4.78, 5) is 4.10. The van der Waals surface area contributed by atoms with Crippen molar-refractivity contribution in [3.05, 3.63) is 54.4 Å². The molecule has 0 atom stereocenters. The Morgan fingerprint density at radius 3 is 2.83 bits per heavy atom. The van der Waals surface area contributed by atoms with E-state index in [0.717, 1.165) is 21.9 Å². The van der Waals surface area contributed by atoms with Crippen molar-refractivity contribution >= 4 is 11.3 Å². The topological polar surface area (TPSA) is 27.1 Å². The third-order valence-corrected chi connectivity index (χ3v) is 3.66. The van der Waals surface area contributed by atoms with E-state index in [9.17, 15) is 0 Å². The molecular weight excluding hydrogens is 244 g/mol. The first-order chi connectivity index (χ1) is 8.90. The summed E-state index contributed by atoms with van der Waals surface area (Å²) >= 11 is 1.60. The van der Waals surface area contributed by atoms with Crippen molar-refractivity contribution in [1.29, 1.82) is 0 Å². The molecule has 3 rings (SSSR count). The lowest BCUT2D eigenvalue weighted by Crippen LogP contribution is -1.94. The maximum Gasteiger partial charge on any atom is 0.181 e. The molecule has 2 heterocycles. The van der Waals surface area contributed by atoms with Crippen molar-refractivity contribution in [1.82, 2.24) is 9.55 Å². The van der Waals surface area contributed by atoms with Crippen molar-refractivity contribution in [2.45, 2.75) is 0 Å². The Labute approximate surface area is 109 Å². The van der Waals surface area contributed by atoms with E-state index in [1.165, 1.54) is 0 Å². The minimum atomic E-state index is 0.933. The summed E-state index contributed by atoms with van der Waals surface area (Å²) in [6.45, 7) is 0. The fourth-order valence-corrected chi connectivity index (χ4v) is 2.71. The van der Waals surface area contributed by atoms with Crippen LogP contribution in [-0.2, 0) is 0 Å². The molecule has 0 aliphatic rings. The molecule has 4 heteroatoms. The van der Waals surface area contributed by atoms with Gasteiger partial charge in [-0.2, -0.15) is 0 Å². The molecule has 90 valence electrons. The van der Waals surface area contributed by atoms with Crippen molar-refractivity contribution in [2.75, 3.05) is 7.11 Å². The summed E-state index contributed by atoms with van der Waals surface area (Å²) in [6.07, 6.45) is 5.52. The number of hydrogen-bond donors (Lipinski definition) is 0. The van der Waals surface area contributed by atoms with Crippen LogP contribution in [0.3, 0.4) is 0 Å². The Balaban J connectivity index is 2.19. The molecular formula is C14H12N2OS. The van der Waals surface area contributed by atoms with Crippen LogP contribution in [0.5, 0.6) is 5.06 Å². The normalized spacial score (nSPS) is 10.5. The second-order valence-corrected chi connectivity index (χ2v) is 4.69. The molecule has 0 spiro atoms. The lowest BCUT2D eigenvalue weighted by atomic mass is 10.1. The van der Waals surface area contributed by atoms with Crippen molar-refractivity contribution in [3.8, 4) is 21.9 Å². The second-order valence-electron chi connectivity index (χ2n) is 3.81. The van der Waals surface area contributed by atoms with Gasteiger partial charge in [0, 0.05) is 23.5 Å². The highest BCUT2D eigenvalue weighted by Crippen LogP contribution is 2.37. The van der Waals surface area contributed by atoms with Crippen LogP contribution in [-0.4, -0.2) is 16.7 Å². The molecule has 0 amide bonds. The molecule has 3 aromatic rings. The first-order valence-corrected chi connectivity index (χ1v) is 6.47. The molecule has 18 heavy (non-hydrogen) atoms. The Morgan fingerprint density at radius 2 is 2.06 bits per heavy atom. The summed E-state index contributed by atoms with van der Waals surface area (Å²) in [5.74, 6) is 0. The zero-order chi connectivity index (χ0) is 12.4. The van der Waals surface area contributed by atoms with E-state index in [-0.39, 0.29) is 0 Å². The van der Waals surface area contributed by atoms with Crippen molar-refractivity contribution < 1.29 is 4.74 Å². The predicted molar refractivity (Wildman–Crippen MR) is 73.4 cm³/mol. The van der Waals surface area contributed by atoms with Crippen molar-refractivity contribution in [2.24, 2.45) is 0 Å². The van der Waals surface area contributed by atoms with Crippen LogP contribution in [0.4, 0.5) is 0 Å². The van der Waals surface area contributed by atoms with Gasteiger partial charge in [0.05, 0.1) is 19.1 Å². The lowest BCUT2D eigenvalue weighted by Gasteiger charge is -2.10. The van der Waals surface area contributed by atoms with Gasteiger partial charge in [0.25, 0.3) is 0 Å². The van der Waals surface area contributed by atoms with E-state index in [0.29, 0.717) is 0 Å². The monoisotopic (exact) mass is 256 g/mol. The molecule has 0 bridgehead atoms. The maximum atomic E-state index is 5.41. The number of imidazole rings is 1. The molecule has 0 N–H and O–H groups in total. The number of aromatic nitrogens is 2. The van der Waals surface area contributed by atoms with E-state index in [2.05, 4.69) is 23.2 Å². The first-order valence-electron chi connectivity index (χ1n) is 5.59. The number of para-hydroxylation sites is 1.